The van der Waals surface area contributed by atoms with Crippen LogP contribution in [-0.4, -0.2) is 4.57 Å². The molecule has 0 saturated heterocycles. The number of benzene rings is 1. The molecule has 2 N–H and O–H groups in total. The molecule has 0 radical (unpaired) electrons. The highest BCUT2D eigenvalue weighted by Gasteiger charge is 2.23. The number of para-hydroxylation sites is 1. The van der Waals surface area contributed by atoms with Crippen molar-refractivity contribution in [2.75, 3.05) is 0 Å². The average molecular weight is 204 g/mol. The van der Waals surface area contributed by atoms with Gasteiger partial charge in [0.25, 0.3) is 0 Å². The van der Waals surface area contributed by atoms with Gasteiger partial charge in [-0.05, 0) is 25.3 Å². The highest BCUT2D eigenvalue weighted by Crippen LogP contribution is 2.30. The van der Waals surface area contributed by atoms with Crippen LogP contribution in [0.15, 0.2) is 30.5 Å². The summed E-state index contributed by atoms with van der Waals surface area (Å²) in [5.74, 6) is 5.34. The molecule has 0 aliphatic rings. The monoisotopic (exact) mass is 204 g/mol. The van der Waals surface area contributed by atoms with Crippen LogP contribution in [0.5, 0.6) is 0 Å². The van der Waals surface area contributed by atoms with E-state index in [1.165, 1.54) is 10.9 Å². The van der Waals surface area contributed by atoms with E-state index in [2.05, 4.69) is 22.8 Å². The van der Waals surface area contributed by atoms with E-state index in [0.717, 1.165) is 5.56 Å². The van der Waals surface area contributed by atoms with Crippen molar-refractivity contribution in [1.29, 1.82) is 0 Å². The third-order valence-electron chi connectivity index (χ3n) is 2.84. The molecule has 0 spiro atoms. The number of fused-ring (bicyclic) bond motifs is 1. The Hall–Kier alpha value is -1.32. The van der Waals surface area contributed by atoms with Crippen molar-refractivity contribution in [2.45, 2.75) is 19.4 Å². The van der Waals surface area contributed by atoms with E-state index in [1.54, 1.807) is 0 Å². The molecule has 0 unspecified atom stereocenters. The van der Waals surface area contributed by atoms with Crippen LogP contribution in [0, 0.1) is 0 Å². The van der Waals surface area contributed by atoms with Crippen molar-refractivity contribution in [3.8, 4) is 0 Å². The van der Waals surface area contributed by atoms with Gasteiger partial charge in [-0.1, -0.05) is 18.2 Å². The third-order valence-corrected chi connectivity index (χ3v) is 2.84. The van der Waals surface area contributed by atoms with Crippen LogP contribution in [0.25, 0.3) is 10.9 Å². The lowest BCUT2D eigenvalue weighted by Crippen LogP contribution is -2.26. The molecule has 2 aromatic rings. The molecule has 1 aromatic heterocycles. The molecule has 0 bridgehead atoms. The van der Waals surface area contributed by atoms with Crippen molar-refractivity contribution in [1.82, 2.24) is 4.57 Å². The molecule has 3 heteroatoms. The van der Waals surface area contributed by atoms with Crippen molar-refractivity contribution in [3.05, 3.63) is 36.0 Å². The maximum absolute atomic E-state index is 5.34. The molecule has 2 rings (SSSR count). The van der Waals surface area contributed by atoms with Crippen LogP contribution in [0.2, 0.25) is 0 Å². The Morgan fingerprint density at radius 2 is 2.00 bits per heavy atom. The topological polar surface area (TPSA) is 40.2 Å². The van der Waals surface area contributed by atoms with Gasteiger partial charge in [0.05, 0.1) is 5.52 Å². The average Bonchev–Trinajstić information content (AvgIpc) is 2.60. The van der Waals surface area contributed by atoms with Crippen molar-refractivity contribution >= 4 is 10.9 Å². The maximum Gasteiger partial charge on any atom is 0.111 e. The van der Waals surface area contributed by atoms with Gasteiger partial charge >= 0.3 is 0 Å². The Morgan fingerprint density at radius 3 is 2.67 bits per heavy atom. The van der Waals surface area contributed by atoms with Crippen LogP contribution in [0.3, 0.4) is 0 Å². The SMILES string of the molecule is Cn1ccc2cccc(C(C)(C)ON)c21. The van der Waals surface area contributed by atoms with E-state index in [1.807, 2.05) is 33.2 Å². The lowest BCUT2D eigenvalue weighted by Gasteiger charge is -2.23. The van der Waals surface area contributed by atoms with Crippen molar-refractivity contribution in [2.24, 2.45) is 12.9 Å². The number of aryl methyl sites for hydroxylation is 1. The molecule has 15 heavy (non-hydrogen) atoms. The Kier molecular flexibility index (Phi) is 2.29. The minimum atomic E-state index is -0.467. The predicted molar refractivity (Wildman–Crippen MR) is 61.2 cm³/mol. The van der Waals surface area contributed by atoms with Gasteiger partial charge in [-0.25, -0.2) is 5.90 Å². The Bertz CT molecular complexity index is 485. The summed E-state index contributed by atoms with van der Waals surface area (Å²) in [5, 5.41) is 1.21. The molecule has 0 saturated carbocycles. The number of hydrogen-bond acceptors (Lipinski definition) is 2. The largest absolute Gasteiger partial charge is 0.350 e. The first-order valence-electron chi connectivity index (χ1n) is 4.98. The quantitative estimate of drug-likeness (QED) is 0.762. The Balaban J connectivity index is 2.75. The molecule has 0 aliphatic carbocycles. The summed E-state index contributed by atoms with van der Waals surface area (Å²) in [4.78, 5) is 5.04. The number of aromatic nitrogens is 1. The maximum atomic E-state index is 5.34. The number of rotatable bonds is 2. The Morgan fingerprint density at radius 1 is 1.27 bits per heavy atom. The van der Waals surface area contributed by atoms with Gasteiger partial charge in [-0.15, -0.1) is 0 Å². The predicted octanol–water partition coefficient (Wildman–Crippen LogP) is 2.30. The van der Waals surface area contributed by atoms with Gasteiger partial charge in [-0.3, -0.25) is 4.84 Å². The summed E-state index contributed by atoms with van der Waals surface area (Å²) >= 11 is 0. The summed E-state index contributed by atoms with van der Waals surface area (Å²) in [6.45, 7) is 3.93. The fourth-order valence-electron chi connectivity index (χ4n) is 1.91. The summed E-state index contributed by atoms with van der Waals surface area (Å²) < 4.78 is 2.09. The minimum absolute atomic E-state index is 0.467. The van der Waals surface area contributed by atoms with Crippen LogP contribution < -0.4 is 5.90 Å². The minimum Gasteiger partial charge on any atom is -0.350 e. The first-order chi connectivity index (χ1) is 7.06. The number of nitrogens with zero attached hydrogens (tertiary/aromatic N) is 1. The van der Waals surface area contributed by atoms with E-state index >= 15 is 0 Å². The van der Waals surface area contributed by atoms with Gasteiger partial charge in [0.15, 0.2) is 0 Å². The van der Waals surface area contributed by atoms with Gasteiger partial charge in [0.1, 0.15) is 5.60 Å². The van der Waals surface area contributed by atoms with Gasteiger partial charge in [0.2, 0.25) is 0 Å². The van der Waals surface area contributed by atoms with Crippen molar-refractivity contribution < 1.29 is 4.84 Å². The molecule has 1 heterocycles. The molecule has 0 aliphatic heterocycles. The molecular formula is C12H16N2O. The summed E-state index contributed by atoms with van der Waals surface area (Å²) in [6.07, 6.45) is 2.04. The smallest absolute Gasteiger partial charge is 0.111 e. The highest BCUT2D eigenvalue weighted by atomic mass is 16.6. The molecule has 0 amide bonds. The second-order valence-electron chi connectivity index (χ2n) is 4.30. The van der Waals surface area contributed by atoms with Crippen LogP contribution >= 0.6 is 0 Å². The van der Waals surface area contributed by atoms with E-state index in [9.17, 15) is 0 Å². The fourth-order valence-corrected chi connectivity index (χ4v) is 1.91. The zero-order valence-corrected chi connectivity index (χ0v) is 9.32. The van der Waals surface area contributed by atoms with Crippen LogP contribution in [-0.2, 0) is 17.5 Å². The lowest BCUT2D eigenvalue weighted by molar-refractivity contribution is -0.0227. The zero-order chi connectivity index (χ0) is 11.1. The molecule has 1 aromatic carbocycles. The first kappa shape index (κ1) is 10.2. The van der Waals surface area contributed by atoms with Gasteiger partial charge in [0, 0.05) is 18.8 Å². The summed E-state index contributed by atoms with van der Waals surface area (Å²) in [7, 11) is 2.03. The normalized spacial score (nSPS) is 12.3. The molecule has 0 atom stereocenters. The molecule has 80 valence electrons. The molecule has 0 fully saturated rings. The Labute approximate surface area is 89.4 Å². The number of hydrogen-bond donors (Lipinski definition) is 1. The van der Waals surface area contributed by atoms with Crippen LogP contribution in [0.1, 0.15) is 19.4 Å². The summed E-state index contributed by atoms with van der Waals surface area (Å²) in [6, 6.07) is 8.25. The van der Waals surface area contributed by atoms with E-state index in [-0.39, 0.29) is 0 Å². The van der Waals surface area contributed by atoms with Gasteiger partial charge < -0.3 is 4.57 Å². The van der Waals surface area contributed by atoms with E-state index < -0.39 is 5.60 Å². The van der Waals surface area contributed by atoms with E-state index in [4.69, 9.17) is 10.7 Å². The second-order valence-corrected chi connectivity index (χ2v) is 4.30. The standard InChI is InChI=1S/C12H16N2O/c1-12(2,15-13)10-6-4-5-9-7-8-14(3)11(9)10/h4-8H,13H2,1-3H3. The third kappa shape index (κ3) is 1.54. The second kappa shape index (κ2) is 3.36. The molecule has 3 nitrogen and oxygen atoms in total. The first-order valence-corrected chi connectivity index (χ1v) is 4.98. The van der Waals surface area contributed by atoms with Crippen molar-refractivity contribution in [3.63, 3.8) is 0 Å². The molecular weight excluding hydrogens is 188 g/mol. The highest BCUT2D eigenvalue weighted by molar-refractivity contribution is 5.84. The lowest BCUT2D eigenvalue weighted by atomic mass is 9.96. The zero-order valence-electron chi connectivity index (χ0n) is 9.32. The number of nitrogens with two attached hydrogens (primary N) is 1. The van der Waals surface area contributed by atoms with Crippen LogP contribution in [0.4, 0.5) is 0 Å². The van der Waals surface area contributed by atoms with E-state index in [0.29, 0.717) is 0 Å². The fraction of sp³-hybridized carbons (Fsp3) is 0.333. The summed E-state index contributed by atoms with van der Waals surface area (Å²) in [5.41, 5.74) is 1.81. The van der Waals surface area contributed by atoms with Gasteiger partial charge in [-0.2, -0.15) is 0 Å².